The molecule has 6 nitrogen and oxygen atoms in total. The van der Waals surface area contributed by atoms with E-state index in [0.29, 0.717) is 18.2 Å². The van der Waals surface area contributed by atoms with Gasteiger partial charge in [-0.15, -0.1) is 0 Å². The summed E-state index contributed by atoms with van der Waals surface area (Å²) in [4.78, 5) is 14.9. The molecule has 2 aliphatic rings. The molecule has 0 saturated carbocycles. The van der Waals surface area contributed by atoms with Gasteiger partial charge in [0.1, 0.15) is 5.69 Å². The number of hydrogen-bond acceptors (Lipinski definition) is 4. The molecule has 2 aliphatic heterocycles. The normalized spacial score (nSPS) is 24.1. The van der Waals surface area contributed by atoms with Crippen molar-refractivity contribution in [3.8, 4) is 0 Å². The van der Waals surface area contributed by atoms with Gasteiger partial charge in [-0.25, -0.2) is 0 Å². The molecule has 27 heavy (non-hydrogen) atoms. The lowest BCUT2D eigenvalue weighted by atomic mass is 10.0. The van der Waals surface area contributed by atoms with Crippen LogP contribution < -0.4 is 5.32 Å². The molecule has 0 radical (unpaired) electrons. The number of hydrogen-bond donors (Lipinski definition) is 2. The van der Waals surface area contributed by atoms with Crippen LogP contribution in [-0.2, 0) is 0 Å². The third-order valence-electron chi connectivity index (χ3n) is 5.79. The largest absolute Gasteiger partial charge is 0.388 e. The number of carbonyl (C=O) groups is 1. The molecule has 1 aromatic heterocycles. The fourth-order valence-electron chi connectivity index (χ4n) is 4.28. The summed E-state index contributed by atoms with van der Waals surface area (Å²) in [5.74, 6) is -0.0136. The van der Waals surface area contributed by atoms with Crippen molar-refractivity contribution in [3.63, 3.8) is 0 Å². The molecule has 0 spiro atoms. The number of piperidine rings is 1. The van der Waals surface area contributed by atoms with Gasteiger partial charge in [-0.05, 0) is 50.3 Å². The first-order chi connectivity index (χ1) is 13.2. The molecule has 6 heteroatoms. The van der Waals surface area contributed by atoms with Gasteiger partial charge in [0.15, 0.2) is 0 Å². The molecule has 144 valence electrons. The first-order valence-corrected chi connectivity index (χ1v) is 10.0. The molecule has 0 aliphatic carbocycles. The molecule has 1 amide bonds. The minimum absolute atomic E-state index is 0.0136. The van der Waals surface area contributed by atoms with E-state index in [4.69, 9.17) is 0 Å². The molecule has 1 aromatic carbocycles. The summed E-state index contributed by atoms with van der Waals surface area (Å²) in [5.41, 5.74) is 1.42. The Morgan fingerprint density at radius 3 is 2.85 bits per heavy atom. The van der Waals surface area contributed by atoms with Gasteiger partial charge in [-0.3, -0.25) is 9.48 Å². The highest BCUT2D eigenvalue weighted by atomic mass is 16.3. The van der Waals surface area contributed by atoms with Gasteiger partial charge in [-0.2, -0.15) is 5.10 Å². The van der Waals surface area contributed by atoms with Crippen LogP contribution in [0.25, 0.3) is 0 Å². The number of benzene rings is 1. The summed E-state index contributed by atoms with van der Waals surface area (Å²) in [7, 11) is 0. The van der Waals surface area contributed by atoms with Gasteiger partial charge in [0.25, 0.3) is 5.91 Å². The Labute approximate surface area is 160 Å². The number of rotatable bonds is 5. The van der Waals surface area contributed by atoms with Crippen molar-refractivity contribution in [2.24, 2.45) is 0 Å². The van der Waals surface area contributed by atoms with E-state index in [9.17, 15) is 9.90 Å². The minimum atomic E-state index is -0.546. The lowest BCUT2D eigenvalue weighted by Crippen LogP contribution is -2.37. The van der Waals surface area contributed by atoms with Crippen LogP contribution in [0.3, 0.4) is 0 Å². The lowest BCUT2D eigenvalue weighted by Gasteiger charge is -2.26. The number of nitrogens with zero attached hydrogens (tertiary/aromatic N) is 3. The Bertz CT molecular complexity index is 755. The fraction of sp³-hybridized carbons (Fsp3) is 0.524. The standard InChI is InChI=1S/C21H28N4O2/c26-20(16-6-2-1-3-7-16)14-17-9-5-12-24(17)21(27)19-10-13-25(23-19)18-8-4-11-22-15-18/h1-3,6-7,10,13,17-18,20,22,26H,4-5,8-9,11-12,14-15H2. The molecule has 2 fully saturated rings. The van der Waals surface area contributed by atoms with Crippen LogP contribution in [0.5, 0.6) is 0 Å². The maximum absolute atomic E-state index is 13.0. The summed E-state index contributed by atoms with van der Waals surface area (Å²) < 4.78 is 1.93. The van der Waals surface area contributed by atoms with E-state index >= 15 is 0 Å². The van der Waals surface area contributed by atoms with E-state index in [0.717, 1.165) is 50.9 Å². The highest BCUT2D eigenvalue weighted by molar-refractivity contribution is 5.92. The second-order valence-corrected chi connectivity index (χ2v) is 7.64. The van der Waals surface area contributed by atoms with Crippen molar-refractivity contribution < 1.29 is 9.90 Å². The van der Waals surface area contributed by atoms with Gasteiger partial charge >= 0.3 is 0 Å². The van der Waals surface area contributed by atoms with Gasteiger partial charge in [0.05, 0.1) is 12.1 Å². The number of nitrogens with one attached hydrogen (secondary N) is 1. The van der Waals surface area contributed by atoms with E-state index in [1.165, 1.54) is 0 Å². The van der Waals surface area contributed by atoms with Crippen LogP contribution in [0.2, 0.25) is 0 Å². The van der Waals surface area contributed by atoms with Crippen LogP contribution in [-0.4, -0.2) is 51.4 Å². The highest BCUT2D eigenvalue weighted by Gasteiger charge is 2.32. The van der Waals surface area contributed by atoms with E-state index in [2.05, 4.69) is 10.4 Å². The number of aliphatic hydroxyl groups is 1. The Hall–Kier alpha value is -2.18. The second kappa shape index (κ2) is 8.23. The van der Waals surface area contributed by atoms with E-state index < -0.39 is 6.10 Å². The Balaban J connectivity index is 1.42. The number of amides is 1. The van der Waals surface area contributed by atoms with Crippen LogP contribution in [0.15, 0.2) is 42.6 Å². The zero-order chi connectivity index (χ0) is 18.6. The van der Waals surface area contributed by atoms with Crippen LogP contribution in [0.1, 0.15) is 60.3 Å². The smallest absolute Gasteiger partial charge is 0.274 e. The average molecular weight is 368 g/mol. The van der Waals surface area contributed by atoms with Gasteiger partial charge < -0.3 is 15.3 Å². The number of aliphatic hydroxyl groups excluding tert-OH is 1. The zero-order valence-corrected chi connectivity index (χ0v) is 15.6. The molecule has 3 atom stereocenters. The van der Waals surface area contributed by atoms with Crippen molar-refractivity contribution in [3.05, 3.63) is 53.9 Å². The topological polar surface area (TPSA) is 70.4 Å². The summed E-state index contributed by atoms with van der Waals surface area (Å²) in [5, 5.41) is 18.5. The van der Waals surface area contributed by atoms with Crippen LogP contribution in [0, 0.1) is 0 Å². The first kappa shape index (κ1) is 18.2. The van der Waals surface area contributed by atoms with Gasteiger partial charge in [0, 0.05) is 25.3 Å². The first-order valence-electron chi connectivity index (χ1n) is 10.0. The second-order valence-electron chi connectivity index (χ2n) is 7.64. The Kier molecular flexibility index (Phi) is 5.55. The van der Waals surface area contributed by atoms with E-state index in [1.54, 1.807) is 0 Å². The fourth-order valence-corrected chi connectivity index (χ4v) is 4.28. The lowest BCUT2D eigenvalue weighted by molar-refractivity contribution is 0.0660. The zero-order valence-electron chi connectivity index (χ0n) is 15.6. The SMILES string of the molecule is O=C(c1ccn(C2CCCNC2)n1)N1CCCC1CC(O)c1ccccc1. The van der Waals surface area contributed by atoms with Crippen molar-refractivity contribution in [2.45, 2.75) is 50.3 Å². The summed E-state index contributed by atoms with van der Waals surface area (Å²) in [6, 6.07) is 11.9. The molecule has 2 aromatic rings. The maximum atomic E-state index is 13.0. The Morgan fingerprint density at radius 2 is 2.07 bits per heavy atom. The van der Waals surface area contributed by atoms with Crippen molar-refractivity contribution in [1.29, 1.82) is 0 Å². The molecule has 0 bridgehead atoms. The summed E-state index contributed by atoms with van der Waals surface area (Å²) in [6.45, 7) is 2.70. The van der Waals surface area contributed by atoms with E-state index in [-0.39, 0.29) is 11.9 Å². The predicted octanol–water partition coefficient (Wildman–Crippen LogP) is 2.54. The Morgan fingerprint density at radius 1 is 1.22 bits per heavy atom. The predicted molar refractivity (Wildman–Crippen MR) is 103 cm³/mol. The number of carbonyl (C=O) groups excluding carboxylic acids is 1. The molecule has 3 heterocycles. The highest BCUT2D eigenvalue weighted by Crippen LogP contribution is 2.28. The molecular formula is C21H28N4O2. The van der Waals surface area contributed by atoms with Crippen molar-refractivity contribution >= 4 is 5.91 Å². The monoisotopic (exact) mass is 368 g/mol. The summed E-state index contributed by atoms with van der Waals surface area (Å²) in [6.07, 6.45) is 6.10. The van der Waals surface area contributed by atoms with Crippen LogP contribution in [0.4, 0.5) is 0 Å². The van der Waals surface area contributed by atoms with Gasteiger partial charge in [-0.1, -0.05) is 30.3 Å². The number of aromatic nitrogens is 2. The molecule has 2 saturated heterocycles. The number of likely N-dealkylation sites (tertiary alicyclic amines) is 1. The third kappa shape index (κ3) is 4.06. The average Bonchev–Trinajstić information content (AvgIpc) is 3.39. The summed E-state index contributed by atoms with van der Waals surface area (Å²) >= 11 is 0. The molecule has 3 unspecified atom stereocenters. The van der Waals surface area contributed by atoms with Gasteiger partial charge in [0.2, 0.25) is 0 Å². The minimum Gasteiger partial charge on any atom is -0.388 e. The van der Waals surface area contributed by atoms with Crippen molar-refractivity contribution in [2.75, 3.05) is 19.6 Å². The molecule has 2 N–H and O–H groups in total. The van der Waals surface area contributed by atoms with Crippen molar-refractivity contribution in [1.82, 2.24) is 20.0 Å². The quantitative estimate of drug-likeness (QED) is 0.851. The van der Waals surface area contributed by atoms with E-state index in [1.807, 2.05) is 52.2 Å². The maximum Gasteiger partial charge on any atom is 0.274 e. The molecule has 4 rings (SSSR count). The molecular weight excluding hydrogens is 340 g/mol. The van der Waals surface area contributed by atoms with Crippen LogP contribution >= 0.6 is 0 Å². The third-order valence-corrected chi connectivity index (χ3v) is 5.79.